The molecule has 1 aromatic carbocycles. The molecule has 0 unspecified atom stereocenters. The van der Waals surface area contributed by atoms with E-state index in [1.165, 1.54) is 13.4 Å². The molecule has 4 aromatic rings. The molecular weight excluding hydrogens is 300 g/mol. The van der Waals surface area contributed by atoms with Crippen molar-refractivity contribution in [2.24, 2.45) is 0 Å². The summed E-state index contributed by atoms with van der Waals surface area (Å²) in [6.45, 7) is 0. The summed E-state index contributed by atoms with van der Waals surface area (Å²) in [4.78, 5) is 12.2. The molecule has 7 heteroatoms. The van der Waals surface area contributed by atoms with Crippen LogP contribution < -0.4 is 10.4 Å². The fourth-order valence-corrected chi connectivity index (χ4v) is 2.26. The molecule has 0 bridgehead atoms. The molecule has 0 N–H and O–H groups in total. The first-order chi connectivity index (χ1) is 11.3. The van der Waals surface area contributed by atoms with Crippen LogP contribution in [0.1, 0.15) is 0 Å². The zero-order valence-corrected chi connectivity index (χ0v) is 12.0. The van der Waals surface area contributed by atoms with E-state index < -0.39 is 5.63 Å². The smallest absolute Gasteiger partial charge is 0.349 e. The average Bonchev–Trinajstić information content (AvgIpc) is 3.24. The standard InChI is InChI=1S/C16H10N2O5/c1-20-11-5-2-4-9-8-10(16(19)22-13(9)11)14-17-18-15(23-14)12-6-3-7-21-12/h2-8H,1H3. The largest absolute Gasteiger partial charge is 0.493 e. The van der Waals surface area contributed by atoms with Crippen LogP contribution in [0.3, 0.4) is 0 Å². The molecular formula is C16H10N2O5. The molecule has 0 saturated carbocycles. The van der Waals surface area contributed by atoms with Gasteiger partial charge in [0, 0.05) is 5.39 Å². The maximum atomic E-state index is 12.2. The number of methoxy groups -OCH3 is 1. The van der Waals surface area contributed by atoms with Gasteiger partial charge in [-0.3, -0.25) is 0 Å². The Bertz CT molecular complexity index is 1030. The molecule has 0 aliphatic rings. The first-order valence-corrected chi connectivity index (χ1v) is 6.75. The lowest BCUT2D eigenvalue weighted by atomic mass is 10.2. The molecule has 0 saturated heterocycles. The maximum absolute atomic E-state index is 12.2. The van der Waals surface area contributed by atoms with Crippen molar-refractivity contribution in [1.29, 1.82) is 0 Å². The van der Waals surface area contributed by atoms with Crippen molar-refractivity contribution in [1.82, 2.24) is 10.2 Å². The summed E-state index contributed by atoms with van der Waals surface area (Å²) in [5.74, 6) is 1.16. The van der Waals surface area contributed by atoms with E-state index in [0.717, 1.165) is 0 Å². The Morgan fingerprint density at radius 3 is 2.70 bits per heavy atom. The van der Waals surface area contributed by atoms with Gasteiger partial charge in [-0.15, -0.1) is 10.2 Å². The van der Waals surface area contributed by atoms with Gasteiger partial charge in [0.05, 0.1) is 13.4 Å². The first-order valence-electron chi connectivity index (χ1n) is 6.75. The number of nitrogens with zero attached hydrogens (tertiary/aromatic N) is 2. The second kappa shape index (κ2) is 5.13. The molecule has 114 valence electrons. The Labute approximate surface area is 129 Å². The Hall–Kier alpha value is -3.35. The molecule has 0 spiro atoms. The number of aromatic nitrogens is 2. The van der Waals surface area contributed by atoms with Gasteiger partial charge in [0.15, 0.2) is 17.1 Å². The molecule has 0 amide bonds. The maximum Gasteiger partial charge on any atom is 0.349 e. The summed E-state index contributed by atoms with van der Waals surface area (Å²) in [6, 6.07) is 10.3. The van der Waals surface area contributed by atoms with E-state index in [2.05, 4.69) is 10.2 Å². The highest BCUT2D eigenvalue weighted by molar-refractivity contribution is 5.85. The highest BCUT2D eigenvalue weighted by Crippen LogP contribution is 2.28. The average molecular weight is 310 g/mol. The van der Waals surface area contributed by atoms with Crippen molar-refractivity contribution < 1.29 is 18.0 Å². The van der Waals surface area contributed by atoms with E-state index >= 15 is 0 Å². The van der Waals surface area contributed by atoms with Gasteiger partial charge in [0.2, 0.25) is 0 Å². The molecule has 0 radical (unpaired) electrons. The van der Waals surface area contributed by atoms with Gasteiger partial charge in [0.1, 0.15) is 5.56 Å². The number of fused-ring (bicyclic) bond motifs is 1. The molecule has 0 aliphatic heterocycles. The number of para-hydroxylation sites is 1. The van der Waals surface area contributed by atoms with Crippen LogP contribution in [0.25, 0.3) is 34.1 Å². The van der Waals surface area contributed by atoms with Crippen molar-refractivity contribution >= 4 is 11.0 Å². The summed E-state index contributed by atoms with van der Waals surface area (Å²) < 4.78 is 21.2. The van der Waals surface area contributed by atoms with Gasteiger partial charge < -0.3 is 18.0 Å². The predicted octanol–water partition coefficient (Wildman–Crippen LogP) is 3.11. The Morgan fingerprint density at radius 1 is 1.04 bits per heavy atom. The highest BCUT2D eigenvalue weighted by atomic mass is 16.5. The number of furan rings is 1. The fraction of sp³-hybridized carbons (Fsp3) is 0.0625. The van der Waals surface area contributed by atoms with Crippen molar-refractivity contribution in [2.45, 2.75) is 0 Å². The van der Waals surface area contributed by atoms with E-state index in [9.17, 15) is 4.79 Å². The predicted molar refractivity (Wildman–Crippen MR) is 80.0 cm³/mol. The van der Waals surface area contributed by atoms with Crippen LogP contribution in [-0.2, 0) is 0 Å². The fourth-order valence-electron chi connectivity index (χ4n) is 2.26. The SMILES string of the molecule is COc1cccc2cc(-c3nnc(-c4ccco4)o3)c(=O)oc12. The number of hydrogen-bond donors (Lipinski definition) is 0. The Morgan fingerprint density at radius 2 is 1.91 bits per heavy atom. The van der Waals surface area contributed by atoms with Crippen LogP contribution >= 0.6 is 0 Å². The van der Waals surface area contributed by atoms with Crippen LogP contribution in [-0.4, -0.2) is 17.3 Å². The van der Waals surface area contributed by atoms with E-state index in [0.29, 0.717) is 22.5 Å². The second-order valence-electron chi connectivity index (χ2n) is 4.72. The van der Waals surface area contributed by atoms with Gasteiger partial charge in [-0.1, -0.05) is 12.1 Å². The van der Waals surface area contributed by atoms with Crippen LogP contribution in [0.5, 0.6) is 5.75 Å². The van der Waals surface area contributed by atoms with E-state index in [1.807, 2.05) is 0 Å². The molecule has 4 rings (SSSR count). The summed E-state index contributed by atoms with van der Waals surface area (Å²) in [6.07, 6.45) is 1.50. The summed E-state index contributed by atoms with van der Waals surface area (Å²) in [5.41, 5.74) is -0.0396. The minimum Gasteiger partial charge on any atom is -0.493 e. The summed E-state index contributed by atoms with van der Waals surface area (Å²) in [5, 5.41) is 8.45. The topological polar surface area (TPSA) is 91.5 Å². The van der Waals surface area contributed by atoms with Gasteiger partial charge in [-0.25, -0.2) is 4.79 Å². The highest BCUT2D eigenvalue weighted by Gasteiger charge is 2.17. The lowest BCUT2D eigenvalue weighted by Crippen LogP contribution is -2.03. The monoisotopic (exact) mass is 310 g/mol. The van der Waals surface area contributed by atoms with Crippen LogP contribution in [0.4, 0.5) is 0 Å². The van der Waals surface area contributed by atoms with Crippen molar-refractivity contribution in [3.63, 3.8) is 0 Å². The van der Waals surface area contributed by atoms with Gasteiger partial charge >= 0.3 is 5.63 Å². The van der Waals surface area contributed by atoms with Crippen LogP contribution in [0, 0.1) is 0 Å². The van der Waals surface area contributed by atoms with Gasteiger partial charge in [-0.05, 0) is 24.3 Å². The molecule has 3 heterocycles. The zero-order valence-electron chi connectivity index (χ0n) is 12.0. The quantitative estimate of drug-likeness (QED) is 0.537. The lowest BCUT2D eigenvalue weighted by molar-refractivity contribution is 0.406. The molecule has 23 heavy (non-hydrogen) atoms. The van der Waals surface area contributed by atoms with E-state index in [4.69, 9.17) is 18.0 Å². The van der Waals surface area contributed by atoms with Crippen molar-refractivity contribution in [3.05, 3.63) is 53.1 Å². The first kappa shape index (κ1) is 13.3. The van der Waals surface area contributed by atoms with E-state index in [-0.39, 0.29) is 17.3 Å². The summed E-state index contributed by atoms with van der Waals surface area (Å²) in [7, 11) is 1.51. The lowest BCUT2D eigenvalue weighted by Gasteiger charge is -2.03. The minimum absolute atomic E-state index is 0.0647. The molecule has 0 fully saturated rings. The second-order valence-corrected chi connectivity index (χ2v) is 4.72. The molecule has 0 aliphatic carbocycles. The van der Waals surface area contributed by atoms with Gasteiger partial charge in [0.25, 0.3) is 11.8 Å². The Balaban J connectivity index is 1.86. The van der Waals surface area contributed by atoms with Gasteiger partial charge in [-0.2, -0.15) is 0 Å². The minimum atomic E-state index is -0.586. The van der Waals surface area contributed by atoms with Crippen LogP contribution in [0.2, 0.25) is 0 Å². The molecule has 0 atom stereocenters. The van der Waals surface area contributed by atoms with Crippen LogP contribution in [0.15, 0.2) is 60.7 Å². The van der Waals surface area contributed by atoms with E-state index in [1.54, 1.807) is 36.4 Å². The third-order valence-corrected chi connectivity index (χ3v) is 3.33. The third-order valence-electron chi connectivity index (χ3n) is 3.33. The normalized spacial score (nSPS) is 11.0. The zero-order chi connectivity index (χ0) is 15.8. The number of ether oxygens (including phenoxy) is 1. The molecule has 7 nitrogen and oxygen atoms in total. The van der Waals surface area contributed by atoms with Crippen molar-refractivity contribution in [3.8, 4) is 28.9 Å². The third kappa shape index (κ3) is 2.18. The Kier molecular flexibility index (Phi) is 2.97. The number of rotatable bonds is 3. The summed E-state index contributed by atoms with van der Waals surface area (Å²) >= 11 is 0. The number of benzene rings is 1. The number of hydrogen-bond acceptors (Lipinski definition) is 7. The van der Waals surface area contributed by atoms with Crippen molar-refractivity contribution in [2.75, 3.05) is 7.11 Å². The molecule has 3 aromatic heterocycles.